The molecule has 0 amide bonds. The minimum absolute atomic E-state index is 0.862. The monoisotopic (exact) mass is 230 g/mol. The number of aryl methyl sites for hydroxylation is 1. The second-order valence-electron chi connectivity index (χ2n) is 4.70. The molecule has 0 radical (unpaired) electrons. The van der Waals surface area contributed by atoms with Gasteiger partial charge in [0.1, 0.15) is 5.52 Å². The molecule has 1 aromatic heterocycles. The number of nitrogens with zero attached hydrogens (tertiary/aromatic N) is 2. The molecule has 2 aromatic rings. The van der Waals surface area contributed by atoms with Gasteiger partial charge in [0, 0.05) is 31.3 Å². The first-order valence-corrected chi connectivity index (χ1v) is 6.51. The maximum atomic E-state index is 5.77. The van der Waals surface area contributed by atoms with E-state index >= 15 is 0 Å². The summed E-state index contributed by atoms with van der Waals surface area (Å²) in [6, 6.07) is 6.37. The molecule has 0 atom stereocenters. The fraction of sp³-hybridized carbons (Fsp3) is 0.500. The maximum absolute atomic E-state index is 5.77. The normalized spacial score (nSPS) is 15.9. The van der Waals surface area contributed by atoms with E-state index in [-0.39, 0.29) is 0 Å². The van der Waals surface area contributed by atoms with E-state index in [2.05, 4.69) is 35.0 Å². The van der Waals surface area contributed by atoms with Gasteiger partial charge in [0.05, 0.1) is 0 Å². The quantitative estimate of drug-likeness (QED) is 0.809. The average Bonchev–Trinajstić information content (AvgIpc) is 2.96. The van der Waals surface area contributed by atoms with Crippen LogP contribution in [-0.2, 0) is 6.42 Å². The number of rotatable bonds is 3. The van der Waals surface area contributed by atoms with Crippen LogP contribution >= 0.6 is 0 Å². The van der Waals surface area contributed by atoms with Crippen LogP contribution < -0.4 is 4.90 Å². The van der Waals surface area contributed by atoms with E-state index in [0.717, 1.165) is 29.8 Å². The van der Waals surface area contributed by atoms with E-state index in [0.29, 0.717) is 0 Å². The average molecular weight is 230 g/mol. The van der Waals surface area contributed by atoms with Crippen molar-refractivity contribution in [2.24, 2.45) is 0 Å². The predicted octanol–water partition coefficient (Wildman–Crippen LogP) is 3.38. The Labute approximate surface area is 101 Å². The first-order valence-electron chi connectivity index (χ1n) is 6.51. The topological polar surface area (TPSA) is 29.3 Å². The standard InChI is InChI=1S/C14H18N2O/c1-2-5-14-15-12-7-6-11(10-13(12)17-14)16-8-3-4-9-16/h6-7,10H,2-5,8-9H2,1H3. The number of anilines is 1. The molecule has 0 spiro atoms. The van der Waals surface area contributed by atoms with Gasteiger partial charge in [-0.05, 0) is 31.4 Å². The van der Waals surface area contributed by atoms with E-state index in [9.17, 15) is 0 Å². The van der Waals surface area contributed by atoms with Gasteiger partial charge in [0.2, 0.25) is 0 Å². The van der Waals surface area contributed by atoms with Gasteiger partial charge < -0.3 is 9.32 Å². The Kier molecular flexibility index (Phi) is 2.75. The Morgan fingerprint density at radius 3 is 2.88 bits per heavy atom. The van der Waals surface area contributed by atoms with Crippen LogP contribution in [0.5, 0.6) is 0 Å². The zero-order chi connectivity index (χ0) is 11.7. The molecule has 0 unspecified atom stereocenters. The lowest BCUT2D eigenvalue weighted by atomic mass is 10.2. The number of benzene rings is 1. The molecule has 1 aromatic carbocycles. The highest BCUT2D eigenvalue weighted by molar-refractivity contribution is 5.77. The highest BCUT2D eigenvalue weighted by atomic mass is 16.3. The molecular formula is C14H18N2O. The van der Waals surface area contributed by atoms with E-state index in [1.54, 1.807) is 0 Å². The summed E-state index contributed by atoms with van der Waals surface area (Å²) in [7, 11) is 0. The summed E-state index contributed by atoms with van der Waals surface area (Å²) in [6.45, 7) is 4.48. The minimum atomic E-state index is 0.862. The third-order valence-electron chi connectivity index (χ3n) is 3.35. The van der Waals surface area contributed by atoms with Gasteiger partial charge >= 0.3 is 0 Å². The van der Waals surface area contributed by atoms with E-state index in [1.807, 2.05) is 0 Å². The fourth-order valence-corrected chi connectivity index (χ4v) is 2.45. The summed E-state index contributed by atoms with van der Waals surface area (Å²) in [5.41, 5.74) is 3.18. The summed E-state index contributed by atoms with van der Waals surface area (Å²) in [6.07, 6.45) is 4.60. The Hall–Kier alpha value is -1.51. The van der Waals surface area contributed by atoms with Crippen molar-refractivity contribution in [2.75, 3.05) is 18.0 Å². The molecule has 0 N–H and O–H groups in total. The van der Waals surface area contributed by atoms with Crippen molar-refractivity contribution in [1.82, 2.24) is 4.98 Å². The minimum Gasteiger partial charge on any atom is -0.441 e. The Bertz CT molecular complexity index is 512. The summed E-state index contributed by atoms with van der Waals surface area (Å²) in [4.78, 5) is 6.90. The molecule has 0 bridgehead atoms. The van der Waals surface area contributed by atoms with Gasteiger partial charge in [-0.1, -0.05) is 6.92 Å². The summed E-state index contributed by atoms with van der Waals surface area (Å²) >= 11 is 0. The zero-order valence-corrected chi connectivity index (χ0v) is 10.3. The third kappa shape index (κ3) is 2.02. The van der Waals surface area contributed by atoms with Crippen molar-refractivity contribution >= 4 is 16.8 Å². The second-order valence-corrected chi connectivity index (χ2v) is 4.70. The lowest BCUT2D eigenvalue weighted by Crippen LogP contribution is -2.17. The Morgan fingerprint density at radius 2 is 2.12 bits per heavy atom. The van der Waals surface area contributed by atoms with Crippen LogP contribution in [-0.4, -0.2) is 18.1 Å². The van der Waals surface area contributed by atoms with Crippen LogP contribution in [0.4, 0.5) is 5.69 Å². The van der Waals surface area contributed by atoms with Crippen molar-refractivity contribution in [1.29, 1.82) is 0 Å². The molecule has 90 valence electrons. The number of hydrogen-bond donors (Lipinski definition) is 0. The molecule has 0 saturated carbocycles. The van der Waals surface area contributed by atoms with Crippen molar-refractivity contribution in [3.05, 3.63) is 24.1 Å². The molecule has 17 heavy (non-hydrogen) atoms. The molecule has 1 aliphatic heterocycles. The first kappa shape index (κ1) is 10.6. The molecule has 3 rings (SSSR count). The molecule has 0 aliphatic carbocycles. The van der Waals surface area contributed by atoms with Gasteiger partial charge in [0.15, 0.2) is 11.5 Å². The second kappa shape index (κ2) is 4.40. The number of oxazole rings is 1. The SMILES string of the molecule is CCCc1nc2ccc(N3CCCC3)cc2o1. The first-order chi connectivity index (χ1) is 8.36. The van der Waals surface area contributed by atoms with E-state index in [4.69, 9.17) is 4.42 Å². The van der Waals surface area contributed by atoms with Crippen LogP contribution in [0, 0.1) is 0 Å². The number of aromatic nitrogens is 1. The fourth-order valence-electron chi connectivity index (χ4n) is 2.45. The van der Waals surface area contributed by atoms with Crippen molar-refractivity contribution in [2.45, 2.75) is 32.6 Å². The van der Waals surface area contributed by atoms with Crippen LogP contribution in [0.3, 0.4) is 0 Å². The molecule has 3 nitrogen and oxygen atoms in total. The summed E-state index contributed by atoms with van der Waals surface area (Å²) in [5, 5.41) is 0. The lowest BCUT2D eigenvalue weighted by Gasteiger charge is -2.16. The van der Waals surface area contributed by atoms with Crippen molar-refractivity contribution < 1.29 is 4.42 Å². The molecule has 1 saturated heterocycles. The maximum Gasteiger partial charge on any atom is 0.195 e. The van der Waals surface area contributed by atoms with Crippen molar-refractivity contribution in [3.8, 4) is 0 Å². The lowest BCUT2D eigenvalue weighted by molar-refractivity contribution is 0.525. The molecule has 2 heterocycles. The Balaban J connectivity index is 1.94. The van der Waals surface area contributed by atoms with Gasteiger partial charge in [-0.3, -0.25) is 0 Å². The van der Waals surface area contributed by atoms with Gasteiger partial charge in [-0.15, -0.1) is 0 Å². The van der Waals surface area contributed by atoms with Crippen LogP contribution in [0.1, 0.15) is 32.1 Å². The van der Waals surface area contributed by atoms with Gasteiger partial charge in [-0.25, -0.2) is 4.98 Å². The molecule has 3 heteroatoms. The summed E-state index contributed by atoms with van der Waals surface area (Å²) < 4.78 is 5.77. The van der Waals surface area contributed by atoms with E-state index in [1.165, 1.54) is 31.6 Å². The highest BCUT2D eigenvalue weighted by Crippen LogP contribution is 2.25. The molecule has 1 aliphatic rings. The summed E-state index contributed by atoms with van der Waals surface area (Å²) in [5.74, 6) is 0.862. The number of fused-ring (bicyclic) bond motifs is 1. The predicted molar refractivity (Wildman–Crippen MR) is 69.5 cm³/mol. The van der Waals surface area contributed by atoms with Crippen LogP contribution in [0.25, 0.3) is 11.1 Å². The smallest absolute Gasteiger partial charge is 0.195 e. The van der Waals surface area contributed by atoms with E-state index < -0.39 is 0 Å². The molecule has 1 fully saturated rings. The van der Waals surface area contributed by atoms with Crippen LogP contribution in [0.15, 0.2) is 22.6 Å². The van der Waals surface area contributed by atoms with Crippen LogP contribution in [0.2, 0.25) is 0 Å². The Morgan fingerprint density at radius 1 is 1.29 bits per heavy atom. The zero-order valence-electron chi connectivity index (χ0n) is 10.3. The largest absolute Gasteiger partial charge is 0.441 e. The van der Waals surface area contributed by atoms with Gasteiger partial charge in [0.25, 0.3) is 0 Å². The highest BCUT2D eigenvalue weighted by Gasteiger charge is 2.14. The van der Waals surface area contributed by atoms with Gasteiger partial charge in [-0.2, -0.15) is 0 Å². The molecular weight excluding hydrogens is 212 g/mol. The third-order valence-corrected chi connectivity index (χ3v) is 3.35. The van der Waals surface area contributed by atoms with Crippen molar-refractivity contribution in [3.63, 3.8) is 0 Å². The number of hydrogen-bond acceptors (Lipinski definition) is 3.